The molecule has 0 bridgehead atoms. The van der Waals surface area contributed by atoms with Crippen LogP contribution >= 0.6 is 23.8 Å². The second-order valence-corrected chi connectivity index (χ2v) is 9.03. The number of anilines is 2. The van der Waals surface area contributed by atoms with Crippen molar-refractivity contribution >= 4 is 56.2 Å². The lowest BCUT2D eigenvalue weighted by atomic mass is 10.2. The maximum atomic E-state index is 12.6. The second kappa shape index (κ2) is 10.4. The molecule has 0 fully saturated rings. The van der Waals surface area contributed by atoms with E-state index in [1.807, 2.05) is 6.92 Å². The van der Waals surface area contributed by atoms with Crippen LogP contribution in [-0.4, -0.2) is 26.0 Å². The zero-order valence-corrected chi connectivity index (χ0v) is 19.4. The van der Waals surface area contributed by atoms with Gasteiger partial charge >= 0.3 is 0 Å². The van der Waals surface area contributed by atoms with Crippen LogP contribution in [0.15, 0.2) is 77.7 Å². The Morgan fingerprint density at radius 1 is 1.00 bits per heavy atom. The first kappa shape index (κ1) is 23.5. The van der Waals surface area contributed by atoms with Crippen LogP contribution in [-0.2, 0) is 10.0 Å². The molecule has 0 spiro atoms. The average molecular weight is 490 g/mol. The lowest BCUT2D eigenvalue weighted by molar-refractivity contribution is 0.0977. The molecular formula is C22H20ClN3O4S2. The van der Waals surface area contributed by atoms with Gasteiger partial charge in [-0.1, -0.05) is 17.7 Å². The number of benzene rings is 3. The van der Waals surface area contributed by atoms with Crippen LogP contribution in [0.5, 0.6) is 5.75 Å². The van der Waals surface area contributed by atoms with Gasteiger partial charge in [-0.05, 0) is 85.9 Å². The third-order valence-corrected chi connectivity index (χ3v) is 5.99. The molecule has 3 aromatic rings. The number of ether oxygens (including phenoxy) is 1. The van der Waals surface area contributed by atoms with E-state index in [1.54, 1.807) is 54.6 Å². The quantitative estimate of drug-likeness (QED) is 0.417. The third kappa shape index (κ3) is 6.43. The highest BCUT2D eigenvalue weighted by molar-refractivity contribution is 7.92. The molecule has 32 heavy (non-hydrogen) atoms. The fraction of sp³-hybridized carbons (Fsp3) is 0.0909. The summed E-state index contributed by atoms with van der Waals surface area (Å²) < 4.78 is 33.1. The first-order chi connectivity index (χ1) is 15.3. The van der Waals surface area contributed by atoms with Gasteiger partial charge in [-0.25, -0.2) is 8.42 Å². The van der Waals surface area contributed by atoms with E-state index in [-0.39, 0.29) is 10.0 Å². The summed E-state index contributed by atoms with van der Waals surface area (Å²) in [5.41, 5.74) is 1.30. The highest BCUT2D eigenvalue weighted by atomic mass is 35.5. The summed E-state index contributed by atoms with van der Waals surface area (Å²) in [6.07, 6.45) is 0. The summed E-state index contributed by atoms with van der Waals surface area (Å²) >= 11 is 11.0. The standard InChI is InChI=1S/C22H20ClN3O4S2/c1-2-30-19-10-6-18(7-11-19)26-32(28,29)20-12-8-17(9-13-20)24-22(31)25-21(27)15-4-3-5-16(23)14-15/h3-14,26H,2H2,1H3,(H2,24,25,27,31). The Labute approximate surface area is 196 Å². The average Bonchev–Trinajstić information content (AvgIpc) is 2.75. The van der Waals surface area contributed by atoms with Crippen molar-refractivity contribution < 1.29 is 17.9 Å². The number of amides is 1. The topological polar surface area (TPSA) is 96.5 Å². The molecule has 166 valence electrons. The van der Waals surface area contributed by atoms with Crippen LogP contribution in [0.4, 0.5) is 11.4 Å². The van der Waals surface area contributed by atoms with Crippen molar-refractivity contribution in [2.75, 3.05) is 16.6 Å². The van der Waals surface area contributed by atoms with E-state index in [9.17, 15) is 13.2 Å². The van der Waals surface area contributed by atoms with E-state index in [0.29, 0.717) is 34.3 Å². The summed E-state index contributed by atoms with van der Waals surface area (Å²) in [5.74, 6) is 0.244. The number of hydrogen-bond donors (Lipinski definition) is 3. The lowest BCUT2D eigenvalue weighted by Gasteiger charge is -2.12. The van der Waals surface area contributed by atoms with Crippen molar-refractivity contribution in [2.24, 2.45) is 0 Å². The Morgan fingerprint density at radius 3 is 2.28 bits per heavy atom. The first-order valence-corrected chi connectivity index (χ1v) is 11.8. The summed E-state index contributed by atoms with van der Waals surface area (Å²) in [4.78, 5) is 12.3. The predicted molar refractivity (Wildman–Crippen MR) is 130 cm³/mol. The second-order valence-electron chi connectivity index (χ2n) is 6.51. The number of nitrogens with one attached hydrogen (secondary N) is 3. The summed E-state index contributed by atoms with van der Waals surface area (Å²) in [6, 6.07) is 19.0. The van der Waals surface area contributed by atoms with Gasteiger partial charge in [0.15, 0.2) is 5.11 Å². The Bertz CT molecular complexity index is 1210. The van der Waals surface area contributed by atoms with Crippen LogP contribution in [0, 0.1) is 0 Å². The first-order valence-electron chi connectivity index (χ1n) is 9.50. The van der Waals surface area contributed by atoms with Crippen molar-refractivity contribution in [3.05, 3.63) is 83.4 Å². The predicted octanol–water partition coefficient (Wildman–Crippen LogP) is 4.67. The van der Waals surface area contributed by atoms with E-state index in [2.05, 4.69) is 15.4 Å². The van der Waals surface area contributed by atoms with Crippen LogP contribution in [0.2, 0.25) is 5.02 Å². The number of carbonyl (C=O) groups is 1. The zero-order chi connectivity index (χ0) is 23.1. The smallest absolute Gasteiger partial charge is 0.261 e. The van der Waals surface area contributed by atoms with E-state index < -0.39 is 15.9 Å². The number of halogens is 1. The molecule has 7 nitrogen and oxygen atoms in total. The highest BCUT2D eigenvalue weighted by Crippen LogP contribution is 2.21. The van der Waals surface area contributed by atoms with E-state index >= 15 is 0 Å². The van der Waals surface area contributed by atoms with Gasteiger partial charge in [0.25, 0.3) is 15.9 Å². The SMILES string of the molecule is CCOc1ccc(NS(=O)(=O)c2ccc(NC(=S)NC(=O)c3cccc(Cl)c3)cc2)cc1. The zero-order valence-electron chi connectivity index (χ0n) is 17.0. The number of carbonyl (C=O) groups excluding carboxylic acids is 1. The Kier molecular flexibility index (Phi) is 7.68. The maximum Gasteiger partial charge on any atom is 0.261 e. The minimum Gasteiger partial charge on any atom is -0.494 e. The molecule has 0 aliphatic heterocycles. The Morgan fingerprint density at radius 2 is 1.66 bits per heavy atom. The molecule has 0 aromatic heterocycles. The van der Waals surface area contributed by atoms with Crippen molar-refractivity contribution in [3.8, 4) is 5.75 Å². The Hall–Kier alpha value is -3.14. The van der Waals surface area contributed by atoms with E-state index in [0.717, 1.165) is 0 Å². The molecule has 3 rings (SSSR count). The molecule has 0 atom stereocenters. The van der Waals surface area contributed by atoms with Gasteiger partial charge in [0.05, 0.1) is 11.5 Å². The normalized spacial score (nSPS) is 10.8. The van der Waals surface area contributed by atoms with Crippen LogP contribution in [0.25, 0.3) is 0 Å². The fourth-order valence-corrected chi connectivity index (χ4v) is 4.14. The van der Waals surface area contributed by atoms with Crippen molar-refractivity contribution in [3.63, 3.8) is 0 Å². The minimum atomic E-state index is -3.78. The maximum absolute atomic E-state index is 12.6. The molecule has 0 unspecified atom stereocenters. The molecule has 3 N–H and O–H groups in total. The van der Waals surface area contributed by atoms with Crippen molar-refractivity contribution in [2.45, 2.75) is 11.8 Å². The van der Waals surface area contributed by atoms with Crippen molar-refractivity contribution in [1.29, 1.82) is 0 Å². The molecule has 10 heteroatoms. The van der Waals surface area contributed by atoms with Gasteiger partial charge in [0.2, 0.25) is 0 Å². The molecule has 0 heterocycles. The Balaban J connectivity index is 1.61. The molecule has 0 radical (unpaired) electrons. The highest BCUT2D eigenvalue weighted by Gasteiger charge is 2.15. The van der Waals surface area contributed by atoms with Gasteiger partial charge in [0.1, 0.15) is 5.75 Å². The molecule has 0 aliphatic carbocycles. The summed E-state index contributed by atoms with van der Waals surface area (Å²) in [7, 11) is -3.78. The van der Waals surface area contributed by atoms with Crippen LogP contribution < -0.4 is 20.1 Å². The van der Waals surface area contributed by atoms with E-state index in [4.69, 9.17) is 28.6 Å². The summed E-state index contributed by atoms with van der Waals surface area (Å²) in [5, 5.41) is 5.89. The molecule has 0 aliphatic rings. The minimum absolute atomic E-state index is 0.0677. The van der Waals surface area contributed by atoms with Crippen LogP contribution in [0.1, 0.15) is 17.3 Å². The number of hydrogen-bond acceptors (Lipinski definition) is 5. The number of sulfonamides is 1. The molecule has 1 amide bonds. The number of thiocarbonyl (C=S) groups is 1. The molecular weight excluding hydrogens is 470 g/mol. The van der Waals surface area contributed by atoms with Gasteiger partial charge in [-0.15, -0.1) is 0 Å². The van der Waals surface area contributed by atoms with Gasteiger partial charge in [-0.2, -0.15) is 0 Å². The van der Waals surface area contributed by atoms with E-state index in [1.165, 1.54) is 18.2 Å². The van der Waals surface area contributed by atoms with Gasteiger partial charge in [-0.3, -0.25) is 14.8 Å². The number of rotatable bonds is 7. The third-order valence-electron chi connectivity index (χ3n) is 4.15. The lowest BCUT2D eigenvalue weighted by Crippen LogP contribution is -2.34. The van der Waals surface area contributed by atoms with Crippen molar-refractivity contribution in [1.82, 2.24) is 5.32 Å². The molecule has 3 aromatic carbocycles. The largest absolute Gasteiger partial charge is 0.494 e. The molecule has 0 saturated heterocycles. The summed E-state index contributed by atoms with van der Waals surface area (Å²) in [6.45, 7) is 2.40. The fourth-order valence-electron chi connectivity index (χ4n) is 2.68. The molecule has 0 saturated carbocycles. The van der Waals surface area contributed by atoms with Crippen LogP contribution in [0.3, 0.4) is 0 Å². The van der Waals surface area contributed by atoms with Gasteiger partial charge < -0.3 is 10.1 Å². The van der Waals surface area contributed by atoms with Gasteiger partial charge in [0, 0.05) is 22.0 Å². The monoisotopic (exact) mass is 489 g/mol.